The van der Waals surface area contributed by atoms with E-state index in [0.717, 1.165) is 66.5 Å². The second-order valence-corrected chi connectivity index (χ2v) is 16.9. The molecule has 2 saturated carbocycles. The number of ether oxygens (including phenoxy) is 1. The molecule has 0 amide bonds. The van der Waals surface area contributed by atoms with E-state index in [1.165, 1.54) is 13.5 Å². The first-order valence-electron chi connectivity index (χ1n) is 20.6. The van der Waals surface area contributed by atoms with Crippen molar-refractivity contribution in [2.75, 3.05) is 25.9 Å². The van der Waals surface area contributed by atoms with Crippen LogP contribution in [-0.4, -0.2) is 76.5 Å². The lowest BCUT2D eigenvalue weighted by Crippen LogP contribution is -2.49. The number of rotatable bonds is 12. The number of nitrogens with two attached hydrogens (primary N) is 1. The number of anilines is 1. The molecule has 6 N–H and O–H groups in total. The number of nitrogens with zero attached hydrogens (tertiary/aromatic N) is 2. The summed E-state index contributed by atoms with van der Waals surface area (Å²) in [6, 6.07) is 5.74. The molecule has 1 aromatic heterocycles. The second-order valence-electron chi connectivity index (χ2n) is 16.9. The Morgan fingerprint density at radius 3 is 2.71 bits per heavy atom. The number of aliphatic hydroxyl groups excluding tert-OH is 2. The number of methoxy groups -OCH3 is 1. The minimum atomic E-state index is -1.13. The lowest BCUT2D eigenvalue weighted by molar-refractivity contribution is -0.134. The van der Waals surface area contributed by atoms with Crippen LogP contribution in [0.15, 0.2) is 41.0 Å². The van der Waals surface area contributed by atoms with Gasteiger partial charge in [0.05, 0.1) is 25.9 Å². The van der Waals surface area contributed by atoms with E-state index in [4.69, 9.17) is 10.5 Å². The predicted octanol–water partition coefficient (Wildman–Crippen LogP) is 5.58. The molecule has 1 aromatic carbocycles. The molecule has 2 aromatic rings. The number of aromatic nitrogens is 1. The molecule has 10 heteroatoms. The minimum absolute atomic E-state index is 0.0142. The van der Waals surface area contributed by atoms with E-state index in [0.29, 0.717) is 105 Å². The molecule has 0 unspecified atom stereocenters. The zero-order chi connectivity index (χ0) is 38.5. The Hall–Kier alpha value is -4.04. The van der Waals surface area contributed by atoms with Gasteiger partial charge in [-0.15, -0.1) is 0 Å². The lowest BCUT2D eigenvalue weighted by atomic mass is 9.64. The molecule has 5 aliphatic rings. The third-order valence-electron chi connectivity index (χ3n) is 13.3. The fourth-order valence-corrected chi connectivity index (χ4v) is 9.95. The normalized spacial score (nSPS) is 29.6. The average Bonchev–Trinajstić information content (AvgIpc) is 3.71. The number of aliphatic hydroxyl groups is 2. The van der Waals surface area contributed by atoms with Gasteiger partial charge in [0.15, 0.2) is 17.3 Å². The van der Waals surface area contributed by atoms with Gasteiger partial charge in [-0.1, -0.05) is 24.3 Å². The zero-order valence-corrected chi connectivity index (χ0v) is 32.3. The highest BCUT2D eigenvalue weighted by Gasteiger charge is 2.47. The third-order valence-corrected chi connectivity index (χ3v) is 13.3. The summed E-state index contributed by atoms with van der Waals surface area (Å²) < 4.78 is 5.45. The third kappa shape index (κ3) is 9.17. The number of hydrogen-bond acceptors (Lipinski definition) is 10. The Balaban J connectivity index is 1.03. The molecule has 0 bridgehead atoms. The average molecular weight is 751 g/mol. The quantitative estimate of drug-likeness (QED) is 0.174. The van der Waals surface area contributed by atoms with Crippen molar-refractivity contribution in [2.24, 2.45) is 28.2 Å². The number of fused-ring (bicyclic) bond motifs is 2. The van der Waals surface area contributed by atoms with Crippen LogP contribution < -0.4 is 15.8 Å². The fourth-order valence-electron chi connectivity index (χ4n) is 9.95. The molecule has 7 rings (SSSR count). The largest absolute Gasteiger partial charge is 0.504 e. The maximum absolute atomic E-state index is 14.1. The summed E-state index contributed by atoms with van der Waals surface area (Å²) in [7, 11) is 1.51. The number of benzene rings is 1. The standard InChI is InChI=1S/C45H58N4O6/c1-55-41-21-33-7-11-42(53)45(15-12-28(20-43(45)54)2-3-29-18-34-6-10-37(51)23-39(34)48-26-29)16-13-31(38(33)24-40(41)52)4-8-36(50)9-5-32-22-44(46)49-27-35(32)19-30-14-17-47-25-30/h14,21-22,24-25,27-29,31,34,36,39,43,48,50,52,54H,2-12,15,17-20,23,26H2,1H3,(H2,46,49)/t28-,29-,31-,34+,36-,39+,43+,45-/m0/s1. The highest BCUT2D eigenvalue weighted by molar-refractivity contribution is 5.89. The van der Waals surface area contributed by atoms with E-state index >= 15 is 0 Å². The number of pyridine rings is 1. The Kier molecular flexibility index (Phi) is 12.4. The topological polar surface area (TPSA) is 167 Å². The summed E-state index contributed by atoms with van der Waals surface area (Å²) in [5, 5.41) is 37.6. The molecule has 2 aliphatic heterocycles. The van der Waals surface area contributed by atoms with Crippen LogP contribution in [0.5, 0.6) is 11.5 Å². The number of aromatic hydroxyl groups is 1. The molecule has 0 radical (unpaired) electrons. The van der Waals surface area contributed by atoms with Gasteiger partial charge in [-0.3, -0.25) is 14.6 Å². The number of phenols is 1. The van der Waals surface area contributed by atoms with Gasteiger partial charge in [0.25, 0.3) is 0 Å². The molecule has 1 saturated heterocycles. The van der Waals surface area contributed by atoms with Crippen LogP contribution in [0.2, 0.25) is 0 Å². The van der Waals surface area contributed by atoms with Crippen molar-refractivity contribution in [1.29, 1.82) is 0 Å². The smallest absolute Gasteiger partial charge is 0.160 e. The van der Waals surface area contributed by atoms with Crippen molar-refractivity contribution >= 4 is 23.6 Å². The zero-order valence-electron chi connectivity index (χ0n) is 32.3. The molecular weight excluding hydrogens is 693 g/mol. The van der Waals surface area contributed by atoms with E-state index in [-0.39, 0.29) is 23.9 Å². The molecule has 1 spiro atoms. The van der Waals surface area contributed by atoms with Gasteiger partial charge in [0.2, 0.25) is 0 Å². The van der Waals surface area contributed by atoms with Crippen molar-refractivity contribution in [3.8, 4) is 23.3 Å². The first kappa shape index (κ1) is 39.2. The Morgan fingerprint density at radius 1 is 1.05 bits per heavy atom. The van der Waals surface area contributed by atoms with Gasteiger partial charge < -0.3 is 31.1 Å². The number of hydrogen-bond donors (Lipinski definition) is 5. The maximum Gasteiger partial charge on any atom is 0.160 e. The highest BCUT2D eigenvalue weighted by Crippen LogP contribution is 2.45. The molecule has 8 atom stereocenters. The van der Waals surface area contributed by atoms with Crippen LogP contribution in [0.3, 0.4) is 0 Å². The number of allylic oxidation sites excluding steroid dienone is 1. The number of nitrogen functional groups attached to an aromatic ring is 1. The first-order chi connectivity index (χ1) is 26.6. The summed E-state index contributed by atoms with van der Waals surface area (Å²) in [5.41, 5.74) is 9.95. The van der Waals surface area contributed by atoms with E-state index in [1.54, 1.807) is 6.07 Å². The van der Waals surface area contributed by atoms with Gasteiger partial charge in [0, 0.05) is 50.1 Å². The summed E-state index contributed by atoms with van der Waals surface area (Å²) in [6.07, 6.45) is 15.5. The maximum atomic E-state index is 14.1. The number of carbonyl (C=O) groups excluding carboxylic acids is 2. The monoisotopic (exact) mass is 750 g/mol. The van der Waals surface area contributed by atoms with E-state index in [2.05, 4.69) is 33.2 Å². The van der Waals surface area contributed by atoms with Crippen LogP contribution in [-0.2, 0) is 28.9 Å². The number of ketones is 2. The van der Waals surface area contributed by atoms with Crippen molar-refractivity contribution in [3.05, 3.63) is 58.3 Å². The van der Waals surface area contributed by atoms with Gasteiger partial charge in [-0.25, -0.2) is 4.98 Å². The number of nitrogens with one attached hydrogen (secondary N) is 1. The summed E-state index contributed by atoms with van der Waals surface area (Å²) in [4.78, 5) is 34.7. The summed E-state index contributed by atoms with van der Waals surface area (Å²) in [6.45, 7) is 1.64. The van der Waals surface area contributed by atoms with Crippen molar-refractivity contribution in [2.45, 2.75) is 127 Å². The van der Waals surface area contributed by atoms with Crippen LogP contribution in [0.4, 0.5) is 5.82 Å². The molecule has 294 valence electrons. The van der Waals surface area contributed by atoms with Crippen molar-refractivity contribution < 1.29 is 29.6 Å². The fraction of sp³-hybridized carbons (Fsp3) is 0.600. The number of piperidine rings is 1. The van der Waals surface area contributed by atoms with Crippen LogP contribution in [0.1, 0.15) is 112 Å². The van der Waals surface area contributed by atoms with Gasteiger partial charge in [-0.2, -0.15) is 0 Å². The molecule has 55 heavy (non-hydrogen) atoms. The molecular formula is C45H58N4O6. The second kappa shape index (κ2) is 17.4. The molecule has 3 fully saturated rings. The van der Waals surface area contributed by atoms with E-state index in [9.17, 15) is 24.9 Å². The van der Waals surface area contributed by atoms with Crippen molar-refractivity contribution in [1.82, 2.24) is 10.3 Å². The van der Waals surface area contributed by atoms with Crippen LogP contribution in [0.25, 0.3) is 0 Å². The minimum Gasteiger partial charge on any atom is -0.504 e. The lowest BCUT2D eigenvalue weighted by Gasteiger charge is -2.42. The van der Waals surface area contributed by atoms with Crippen LogP contribution in [0, 0.1) is 35.0 Å². The summed E-state index contributed by atoms with van der Waals surface area (Å²) in [5.74, 6) is 9.14. The number of aryl methyl sites for hydroxylation is 2. The molecule has 3 heterocycles. The SMILES string of the molecule is COc1cc2c(cc1O)[C@@H](CC[C@H](O)CCc1cc(N)ncc1CC1=CCN=C1)C#C[C@@]1(CC[C@H](CC[C@@H]3CN[C@@H]4CC(=O)CC[C@@H]4C3)C[C@H]1O)C(=O)CC2. The van der Waals surface area contributed by atoms with Crippen molar-refractivity contribution in [3.63, 3.8) is 0 Å². The Labute approximate surface area is 325 Å². The number of aliphatic imine (C=N–C) groups is 1. The van der Waals surface area contributed by atoms with Gasteiger partial charge in [0.1, 0.15) is 17.0 Å². The predicted molar refractivity (Wildman–Crippen MR) is 213 cm³/mol. The van der Waals surface area contributed by atoms with Crippen LogP contribution >= 0.6 is 0 Å². The number of carbonyl (C=O) groups is 2. The van der Waals surface area contributed by atoms with E-state index in [1.807, 2.05) is 24.5 Å². The Morgan fingerprint density at radius 2 is 1.91 bits per heavy atom. The highest BCUT2D eigenvalue weighted by atomic mass is 16.5. The van der Waals surface area contributed by atoms with Gasteiger partial charge >= 0.3 is 0 Å². The number of Topliss-reactive ketones (excluding diaryl/α,β-unsaturated/α-hetero) is 2. The molecule has 3 aliphatic carbocycles. The Bertz CT molecular complexity index is 1860. The summed E-state index contributed by atoms with van der Waals surface area (Å²) >= 11 is 0. The van der Waals surface area contributed by atoms with Gasteiger partial charge in [-0.05, 0) is 141 Å². The molecule has 10 nitrogen and oxygen atoms in total. The van der Waals surface area contributed by atoms with E-state index < -0.39 is 17.6 Å². The number of phenolic OH excluding ortho intramolecular Hbond substituents is 1. The first-order valence-corrected chi connectivity index (χ1v) is 20.6.